The van der Waals surface area contributed by atoms with Crippen molar-refractivity contribution in [1.82, 2.24) is 30.6 Å². The molecule has 15 heteroatoms. The van der Waals surface area contributed by atoms with Crippen molar-refractivity contribution >= 4 is 19.7 Å². The van der Waals surface area contributed by atoms with E-state index in [4.69, 9.17) is 13.3 Å². The Morgan fingerprint density at radius 2 is 1.07 bits per heavy atom. The van der Waals surface area contributed by atoms with Crippen LogP contribution in [0.25, 0.3) is 0 Å². The average Bonchev–Trinajstić information content (AvgIpc) is 3.32. The van der Waals surface area contributed by atoms with Crippen molar-refractivity contribution < 1.29 is 30.1 Å². The van der Waals surface area contributed by atoms with Gasteiger partial charge in [0.2, 0.25) is 43.2 Å². The number of hydrogen-bond acceptors (Lipinski definition) is 13. The quantitative estimate of drug-likeness (QED) is 0.522. The van der Waals surface area contributed by atoms with Crippen LogP contribution in [-0.4, -0.2) is 59.9 Å². The lowest BCUT2D eigenvalue weighted by Crippen LogP contribution is -2.40. The van der Waals surface area contributed by atoms with Gasteiger partial charge in [-0.05, 0) is 5.92 Å². The van der Waals surface area contributed by atoms with Gasteiger partial charge in [0.1, 0.15) is 0 Å². The molecule has 4 unspecified atom stereocenters. The van der Waals surface area contributed by atoms with Crippen molar-refractivity contribution in [3.63, 3.8) is 0 Å². The molecule has 0 saturated heterocycles. The Bertz CT molecular complexity index is 1280. The second-order valence-electron chi connectivity index (χ2n) is 6.95. The Hall–Kier alpha value is -2.68. The number of rotatable bonds is 5. The summed E-state index contributed by atoms with van der Waals surface area (Å²) in [6.07, 6.45) is 1.90. The Kier molecular flexibility index (Phi) is 4.34. The molecule has 3 aromatic rings. The fourth-order valence-corrected chi connectivity index (χ4v) is 4.33. The molecule has 1 saturated carbocycles. The van der Waals surface area contributed by atoms with Gasteiger partial charge in [-0.1, -0.05) is 17.1 Å². The van der Waals surface area contributed by atoms with Gasteiger partial charge in [0.05, 0.1) is 17.8 Å². The van der Waals surface area contributed by atoms with E-state index in [-0.39, 0.29) is 17.7 Å². The SMILES string of the molecule is Cc1nnc(C2C(C)C(c3nnc(S(C)(=O)=O)o3)C2c2nnc(S(C)(=O)=O)o2)o1. The second-order valence-corrected chi connectivity index (χ2v) is 10.7. The minimum Gasteiger partial charge on any atom is -0.425 e. The van der Waals surface area contributed by atoms with Crippen molar-refractivity contribution in [3.05, 3.63) is 23.6 Å². The fraction of sp³-hybridized carbons (Fsp3) is 0.571. The molecule has 1 fully saturated rings. The van der Waals surface area contributed by atoms with Gasteiger partial charge < -0.3 is 13.3 Å². The van der Waals surface area contributed by atoms with Crippen LogP contribution in [0.1, 0.15) is 48.2 Å². The smallest absolute Gasteiger partial charge is 0.335 e. The second kappa shape index (κ2) is 6.41. The summed E-state index contributed by atoms with van der Waals surface area (Å²) in [5.41, 5.74) is 0. The van der Waals surface area contributed by atoms with Crippen LogP contribution in [0.3, 0.4) is 0 Å². The van der Waals surface area contributed by atoms with Crippen molar-refractivity contribution in [2.75, 3.05) is 12.5 Å². The van der Waals surface area contributed by atoms with Gasteiger partial charge in [0.15, 0.2) is 0 Å². The third kappa shape index (κ3) is 3.33. The first-order valence-corrected chi connectivity index (χ1v) is 12.1. The van der Waals surface area contributed by atoms with Gasteiger partial charge in [-0.15, -0.1) is 20.4 Å². The zero-order chi connectivity index (χ0) is 21.1. The van der Waals surface area contributed by atoms with Gasteiger partial charge in [-0.25, -0.2) is 16.8 Å². The summed E-state index contributed by atoms with van der Waals surface area (Å²) in [5.74, 6) is -1.04. The van der Waals surface area contributed by atoms with E-state index in [0.29, 0.717) is 11.8 Å². The van der Waals surface area contributed by atoms with Gasteiger partial charge in [0.25, 0.3) is 0 Å². The maximum atomic E-state index is 11.7. The molecule has 4 atom stereocenters. The summed E-state index contributed by atoms with van der Waals surface area (Å²) in [4.78, 5) is 0. The molecular weight excluding hydrogens is 428 g/mol. The first kappa shape index (κ1) is 19.6. The molecule has 3 heterocycles. The molecule has 3 aromatic heterocycles. The Balaban J connectivity index is 1.78. The summed E-state index contributed by atoms with van der Waals surface area (Å²) in [6, 6.07) is 0. The first-order valence-electron chi connectivity index (χ1n) is 8.33. The summed E-state index contributed by atoms with van der Waals surface area (Å²) in [6.45, 7) is 3.49. The lowest BCUT2D eigenvalue weighted by Gasteiger charge is -2.44. The van der Waals surface area contributed by atoms with Crippen molar-refractivity contribution in [2.45, 2.75) is 42.0 Å². The molecule has 0 radical (unpaired) electrons. The minimum absolute atomic E-state index is 0.00786. The molecule has 0 aromatic carbocycles. The molecule has 0 bridgehead atoms. The maximum absolute atomic E-state index is 11.7. The zero-order valence-corrected chi connectivity index (χ0v) is 17.3. The molecule has 13 nitrogen and oxygen atoms in total. The summed E-state index contributed by atoms with van der Waals surface area (Å²) in [7, 11) is -7.40. The molecular formula is C14H16N6O7S2. The van der Waals surface area contributed by atoms with Crippen LogP contribution in [0, 0.1) is 12.8 Å². The van der Waals surface area contributed by atoms with Crippen LogP contribution < -0.4 is 0 Å². The van der Waals surface area contributed by atoms with E-state index in [9.17, 15) is 16.8 Å². The molecule has 0 spiro atoms. The largest absolute Gasteiger partial charge is 0.425 e. The van der Waals surface area contributed by atoms with Gasteiger partial charge >= 0.3 is 10.4 Å². The number of aryl methyl sites for hydroxylation is 1. The molecule has 4 rings (SSSR count). The van der Waals surface area contributed by atoms with E-state index < -0.39 is 47.9 Å². The topological polar surface area (TPSA) is 185 Å². The van der Waals surface area contributed by atoms with Crippen LogP contribution >= 0.6 is 0 Å². The predicted octanol–water partition coefficient (Wildman–Crippen LogP) is 0.252. The van der Waals surface area contributed by atoms with Crippen molar-refractivity contribution in [2.24, 2.45) is 5.92 Å². The highest BCUT2D eigenvalue weighted by atomic mass is 32.2. The molecule has 156 valence electrons. The Morgan fingerprint density at radius 3 is 1.45 bits per heavy atom. The number of aromatic nitrogens is 6. The predicted molar refractivity (Wildman–Crippen MR) is 91.2 cm³/mol. The lowest BCUT2D eigenvalue weighted by atomic mass is 9.57. The van der Waals surface area contributed by atoms with E-state index in [1.165, 1.54) is 0 Å². The zero-order valence-electron chi connectivity index (χ0n) is 15.7. The van der Waals surface area contributed by atoms with Crippen LogP contribution in [0.15, 0.2) is 23.7 Å². The molecule has 1 aliphatic rings. The Morgan fingerprint density at radius 1 is 0.655 bits per heavy atom. The number of sulfone groups is 2. The van der Waals surface area contributed by atoms with E-state index >= 15 is 0 Å². The molecule has 0 aliphatic heterocycles. The van der Waals surface area contributed by atoms with E-state index in [1.54, 1.807) is 6.92 Å². The minimum atomic E-state index is -3.71. The molecule has 0 amide bonds. The van der Waals surface area contributed by atoms with E-state index in [2.05, 4.69) is 30.6 Å². The maximum Gasteiger partial charge on any atom is 0.335 e. The van der Waals surface area contributed by atoms with Crippen molar-refractivity contribution in [3.8, 4) is 0 Å². The highest BCUT2D eigenvalue weighted by molar-refractivity contribution is 7.90. The highest BCUT2D eigenvalue weighted by Gasteiger charge is 2.57. The van der Waals surface area contributed by atoms with Gasteiger partial charge in [-0.3, -0.25) is 0 Å². The van der Waals surface area contributed by atoms with Gasteiger partial charge in [-0.2, -0.15) is 0 Å². The van der Waals surface area contributed by atoms with Crippen LogP contribution in [-0.2, 0) is 19.7 Å². The highest BCUT2D eigenvalue weighted by Crippen LogP contribution is 2.61. The first-order chi connectivity index (χ1) is 13.5. The summed E-state index contributed by atoms with van der Waals surface area (Å²) in [5, 5.41) is 21.7. The van der Waals surface area contributed by atoms with E-state index in [1.807, 2.05) is 6.92 Å². The van der Waals surface area contributed by atoms with Crippen LogP contribution in [0.2, 0.25) is 0 Å². The fourth-order valence-electron chi connectivity index (χ4n) is 3.48. The lowest BCUT2D eigenvalue weighted by molar-refractivity contribution is 0.0967. The molecule has 0 N–H and O–H groups in total. The molecule has 1 aliphatic carbocycles. The monoisotopic (exact) mass is 444 g/mol. The standard InChI is InChI=1S/C14H16N6O7S2/c1-5-7(10-16-15-6(2)25-10)9(12-18-20-14(27-12)29(4,23)24)8(5)11-17-19-13(26-11)28(3,21)22/h5,7-9H,1-4H3. The number of nitrogens with zero attached hydrogens (tertiary/aromatic N) is 6. The third-order valence-corrected chi connectivity index (χ3v) is 6.38. The third-order valence-electron chi connectivity index (χ3n) is 4.78. The molecule has 29 heavy (non-hydrogen) atoms. The van der Waals surface area contributed by atoms with Crippen molar-refractivity contribution in [1.29, 1.82) is 0 Å². The van der Waals surface area contributed by atoms with Crippen LogP contribution in [0.4, 0.5) is 0 Å². The Labute approximate surface area is 164 Å². The number of hydrogen-bond donors (Lipinski definition) is 0. The summed E-state index contributed by atoms with van der Waals surface area (Å²) >= 11 is 0. The normalized spacial score (nSPS) is 25.1. The van der Waals surface area contributed by atoms with E-state index in [0.717, 1.165) is 12.5 Å². The van der Waals surface area contributed by atoms with Crippen LogP contribution in [0.5, 0.6) is 0 Å². The van der Waals surface area contributed by atoms with Gasteiger partial charge in [0, 0.05) is 19.4 Å². The summed E-state index contributed by atoms with van der Waals surface area (Å²) < 4.78 is 63.0. The average molecular weight is 444 g/mol.